The molecule has 0 bridgehead atoms. The Morgan fingerprint density at radius 3 is 2.42 bits per heavy atom. The predicted molar refractivity (Wildman–Crippen MR) is 76.8 cm³/mol. The van der Waals surface area contributed by atoms with E-state index in [1.807, 2.05) is 42.5 Å². The van der Waals surface area contributed by atoms with Crippen LogP contribution in [0, 0.1) is 0 Å². The van der Waals surface area contributed by atoms with Gasteiger partial charge in [-0.05, 0) is 11.6 Å². The highest BCUT2D eigenvalue weighted by atomic mass is 79.9. The van der Waals surface area contributed by atoms with Gasteiger partial charge < -0.3 is 4.74 Å². The van der Waals surface area contributed by atoms with Crippen LogP contribution in [0.1, 0.15) is 29.6 Å². The molecule has 19 heavy (non-hydrogen) atoms. The lowest BCUT2D eigenvalue weighted by Crippen LogP contribution is -2.06. The van der Waals surface area contributed by atoms with Gasteiger partial charge in [0.25, 0.3) is 0 Å². The largest absolute Gasteiger partial charge is 0.457 e. The van der Waals surface area contributed by atoms with E-state index < -0.39 is 0 Å². The summed E-state index contributed by atoms with van der Waals surface area (Å²) in [5.74, 6) is -0.0398. The normalized spacial score (nSPS) is 22.3. The van der Waals surface area contributed by atoms with Gasteiger partial charge in [0.05, 0.1) is 6.42 Å². The first-order valence-corrected chi connectivity index (χ1v) is 7.04. The van der Waals surface area contributed by atoms with E-state index in [4.69, 9.17) is 4.74 Å². The minimum absolute atomic E-state index is 0.0902. The van der Waals surface area contributed by atoms with Crippen LogP contribution in [-0.2, 0) is 9.53 Å². The topological polar surface area (TPSA) is 26.3 Å². The number of esters is 1. The Morgan fingerprint density at radius 1 is 1.00 bits per heavy atom. The quantitative estimate of drug-likeness (QED) is 0.775. The Bertz CT molecular complexity index is 595. The summed E-state index contributed by atoms with van der Waals surface area (Å²) in [4.78, 5) is 11.7. The molecule has 1 heterocycles. The maximum atomic E-state index is 11.7. The minimum Gasteiger partial charge on any atom is -0.457 e. The van der Waals surface area contributed by atoms with Crippen LogP contribution >= 0.6 is 15.9 Å². The summed E-state index contributed by atoms with van der Waals surface area (Å²) in [6.07, 6.45) is 0.237. The van der Waals surface area contributed by atoms with Crippen molar-refractivity contribution in [2.45, 2.75) is 18.4 Å². The molecular formula is C16H13BrO2. The molecule has 96 valence electrons. The first-order valence-electron chi connectivity index (χ1n) is 6.24. The number of cyclic esters (lactones) is 1. The van der Waals surface area contributed by atoms with E-state index in [1.54, 1.807) is 0 Å². The first-order chi connectivity index (χ1) is 9.25. The molecule has 2 nitrogen and oxygen atoms in total. The van der Waals surface area contributed by atoms with Crippen LogP contribution in [0.15, 0.2) is 59.1 Å². The molecule has 2 aromatic rings. The van der Waals surface area contributed by atoms with Crippen molar-refractivity contribution in [3.63, 3.8) is 0 Å². The minimum atomic E-state index is -0.203. The molecule has 0 radical (unpaired) electrons. The number of carbonyl (C=O) groups excluding carboxylic acids is 1. The molecule has 1 aliphatic rings. The van der Waals surface area contributed by atoms with Gasteiger partial charge in [0, 0.05) is 16.0 Å². The molecule has 0 saturated carbocycles. The number of carbonyl (C=O) groups is 1. The van der Waals surface area contributed by atoms with E-state index >= 15 is 0 Å². The van der Waals surface area contributed by atoms with Crippen molar-refractivity contribution in [3.05, 3.63) is 70.2 Å². The van der Waals surface area contributed by atoms with Crippen LogP contribution in [-0.4, -0.2) is 5.97 Å². The summed E-state index contributed by atoms with van der Waals surface area (Å²) in [5.41, 5.74) is 2.18. The number of ether oxygens (including phenoxy) is 1. The van der Waals surface area contributed by atoms with Crippen LogP contribution in [0.2, 0.25) is 0 Å². The average molecular weight is 317 g/mol. The fourth-order valence-electron chi connectivity index (χ4n) is 2.54. The van der Waals surface area contributed by atoms with Crippen LogP contribution in [0.25, 0.3) is 0 Å². The standard InChI is InChI=1S/C16H13BrO2/c17-14-9-5-4-8-12(14)16-13(10-15(18)19-16)11-6-2-1-3-7-11/h1-9,13,16H,10H2/t13-,16+/m0/s1. The Balaban J connectivity index is 2.00. The number of hydrogen-bond acceptors (Lipinski definition) is 2. The van der Waals surface area contributed by atoms with E-state index in [0.717, 1.165) is 15.6 Å². The third-order valence-corrected chi connectivity index (χ3v) is 4.17. The van der Waals surface area contributed by atoms with Crippen molar-refractivity contribution in [2.24, 2.45) is 0 Å². The van der Waals surface area contributed by atoms with Crippen molar-refractivity contribution >= 4 is 21.9 Å². The zero-order valence-corrected chi connectivity index (χ0v) is 11.8. The smallest absolute Gasteiger partial charge is 0.307 e. The molecule has 2 aromatic carbocycles. The Labute approximate surface area is 120 Å². The van der Waals surface area contributed by atoms with Crippen LogP contribution in [0.3, 0.4) is 0 Å². The van der Waals surface area contributed by atoms with Gasteiger partial charge >= 0.3 is 5.97 Å². The zero-order valence-electron chi connectivity index (χ0n) is 10.3. The van der Waals surface area contributed by atoms with Crippen molar-refractivity contribution in [1.82, 2.24) is 0 Å². The van der Waals surface area contributed by atoms with E-state index in [-0.39, 0.29) is 18.0 Å². The summed E-state index contributed by atoms with van der Waals surface area (Å²) in [5, 5.41) is 0. The van der Waals surface area contributed by atoms with E-state index in [2.05, 4.69) is 28.1 Å². The van der Waals surface area contributed by atoms with Gasteiger partial charge in [-0.3, -0.25) is 4.79 Å². The average Bonchev–Trinajstić information content (AvgIpc) is 2.82. The second kappa shape index (κ2) is 5.17. The Morgan fingerprint density at radius 2 is 1.68 bits per heavy atom. The monoisotopic (exact) mass is 316 g/mol. The SMILES string of the molecule is O=C1C[C@@H](c2ccccc2)[C@@H](c2ccccc2Br)O1. The number of benzene rings is 2. The summed E-state index contributed by atoms with van der Waals surface area (Å²) < 4.78 is 6.51. The van der Waals surface area contributed by atoms with Gasteiger partial charge in [0.15, 0.2) is 0 Å². The summed E-state index contributed by atoms with van der Waals surface area (Å²) in [6.45, 7) is 0. The van der Waals surface area contributed by atoms with Gasteiger partial charge in [-0.2, -0.15) is 0 Å². The molecule has 1 aliphatic heterocycles. The molecule has 0 amide bonds. The maximum absolute atomic E-state index is 11.7. The Hall–Kier alpha value is -1.61. The number of rotatable bonds is 2. The number of halogens is 1. The molecule has 0 aromatic heterocycles. The molecule has 1 saturated heterocycles. The summed E-state index contributed by atoms with van der Waals surface area (Å²) in [6, 6.07) is 18.0. The summed E-state index contributed by atoms with van der Waals surface area (Å²) >= 11 is 3.53. The maximum Gasteiger partial charge on any atom is 0.307 e. The van der Waals surface area contributed by atoms with Crippen molar-refractivity contribution in [2.75, 3.05) is 0 Å². The molecule has 0 aliphatic carbocycles. The molecule has 0 unspecified atom stereocenters. The van der Waals surface area contributed by atoms with Crippen molar-refractivity contribution < 1.29 is 9.53 Å². The molecule has 3 rings (SSSR count). The van der Waals surface area contributed by atoms with E-state index in [9.17, 15) is 4.79 Å². The molecule has 2 atom stereocenters. The third-order valence-electron chi connectivity index (χ3n) is 3.45. The van der Waals surface area contributed by atoms with Crippen LogP contribution in [0.4, 0.5) is 0 Å². The van der Waals surface area contributed by atoms with E-state index in [1.165, 1.54) is 0 Å². The van der Waals surface area contributed by atoms with Crippen LogP contribution < -0.4 is 0 Å². The van der Waals surface area contributed by atoms with Crippen molar-refractivity contribution in [3.8, 4) is 0 Å². The highest BCUT2D eigenvalue weighted by molar-refractivity contribution is 9.10. The predicted octanol–water partition coefficient (Wildman–Crippen LogP) is 4.22. The number of hydrogen-bond donors (Lipinski definition) is 0. The van der Waals surface area contributed by atoms with Crippen molar-refractivity contribution in [1.29, 1.82) is 0 Å². The molecular weight excluding hydrogens is 304 g/mol. The lowest BCUT2D eigenvalue weighted by molar-refractivity contribution is -0.141. The van der Waals surface area contributed by atoms with Crippen LogP contribution in [0.5, 0.6) is 0 Å². The second-order valence-corrected chi connectivity index (χ2v) is 5.51. The van der Waals surface area contributed by atoms with E-state index in [0.29, 0.717) is 6.42 Å². The second-order valence-electron chi connectivity index (χ2n) is 4.65. The highest BCUT2D eigenvalue weighted by Gasteiger charge is 2.37. The molecule has 1 fully saturated rings. The lowest BCUT2D eigenvalue weighted by atomic mass is 9.89. The summed E-state index contributed by atoms with van der Waals surface area (Å²) in [7, 11) is 0. The first kappa shape index (κ1) is 12.4. The van der Waals surface area contributed by atoms with Gasteiger partial charge in [-0.25, -0.2) is 0 Å². The highest BCUT2D eigenvalue weighted by Crippen LogP contribution is 2.44. The zero-order chi connectivity index (χ0) is 13.2. The van der Waals surface area contributed by atoms with Gasteiger partial charge in [-0.15, -0.1) is 0 Å². The van der Waals surface area contributed by atoms with Gasteiger partial charge in [0.2, 0.25) is 0 Å². The Kier molecular flexibility index (Phi) is 3.38. The fraction of sp³-hybridized carbons (Fsp3) is 0.188. The molecule has 3 heteroatoms. The lowest BCUT2D eigenvalue weighted by Gasteiger charge is -2.19. The third kappa shape index (κ3) is 2.43. The van der Waals surface area contributed by atoms with Gasteiger partial charge in [-0.1, -0.05) is 64.5 Å². The molecule has 0 N–H and O–H groups in total. The van der Waals surface area contributed by atoms with Gasteiger partial charge in [0.1, 0.15) is 6.10 Å². The fourth-order valence-corrected chi connectivity index (χ4v) is 3.05. The molecule has 0 spiro atoms.